The molecule has 1 aliphatic heterocycles. The van der Waals surface area contributed by atoms with E-state index in [4.69, 9.17) is 0 Å². The van der Waals surface area contributed by atoms with Crippen LogP contribution >= 0.6 is 0 Å². The van der Waals surface area contributed by atoms with E-state index in [1.165, 1.54) is 11.0 Å². The minimum absolute atomic E-state index is 0.0489. The summed E-state index contributed by atoms with van der Waals surface area (Å²) in [6.45, 7) is 3.65. The maximum absolute atomic E-state index is 11.7. The number of rotatable bonds is 3. The van der Waals surface area contributed by atoms with Gasteiger partial charge >= 0.3 is 0 Å². The third-order valence-corrected chi connectivity index (χ3v) is 2.52. The number of carbonyl (C=O) groups is 2. The number of nitrogens with zero attached hydrogens (tertiary/aromatic N) is 2. The largest absolute Gasteiger partial charge is 0.341 e. The number of hydrogen-bond donors (Lipinski definition) is 0. The van der Waals surface area contributed by atoms with E-state index in [0.29, 0.717) is 0 Å². The Balaban J connectivity index is 2.39. The fourth-order valence-corrected chi connectivity index (χ4v) is 1.62. The highest BCUT2D eigenvalue weighted by Gasteiger charge is 2.19. The summed E-state index contributed by atoms with van der Waals surface area (Å²) in [5.41, 5.74) is 0. The summed E-state index contributed by atoms with van der Waals surface area (Å²) in [7, 11) is 1.65. The number of amides is 2. The van der Waals surface area contributed by atoms with E-state index in [2.05, 4.69) is 0 Å². The highest BCUT2D eigenvalue weighted by atomic mass is 16.2. The van der Waals surface area contributed by atoms with Crippen LogP contribution in [0.3, 0.4) is 0 Å². The maximum atomic E-state index is 11.7. The van der Waals surface area contributed by atoms with Gasteiger partial charge in [0.15, 0.2) is 0 Å². The molecule has 0 radical (unpaired) electrons. The van der Waals surface area contributed by atoms with Crippen molar-refractivity contribution in [2.24, 2.45) is 0 Å². The molecule has 2 amide bonds. The zero-order valence-electron chi connectivity index (χ0n) is 9.40. The van der Waals surface area contributed by atoms with Gasteiger partial charge in [0.1, 0.15) is 0 Å². The molecule has 4 nitrogen and oxygen atoms in total. The summed E-state index contributed by atoms with van der Waals surface area (Å²) >= 11 is 0. The van der Waals surface area contributed by atoms with Crippen LogP contribution < -0.4 is 0 Å². The van der Waals surface area contributed by atoms with E-state index in [1.54, 1.807) is 20.0 Å². The summed E-state index contributed by atoms with van der Waals surface area (Å²) in [5.74, 6) is -0.0714. The number of carbonyl (C=O) groups excluding carboxylic acids is 2. The Labute approximate surface area is 90.5 Å². The molecule has 0 aromatic rings. The Kier molecular flexibility index (Phi) is 4.34. The van der Waals surface area contributed by atoms with Crippen molar-refractivity contribution in [2.75, 3.05) is 26.7 Å². The van der Waals surface area contributed by atoms with Crippen LogP contribution in [0.4, 0.5) is 0 Å². The molecule has 84 valence electrons. The molecule has 1 aliphatic rings. The summed E-state index contributed by atoms with van der Waals surface area (Å²) < 4.78 is 0. The lowest BCUT2D eigenvalue weighted by Gasteiger charge is -2.20. The van der Waals surface area contributed by atoms with E-state index >= 15 is 0 Å². The van der Waals surface area contributed by atoms with Gasteiger partial charge in [0.2, 0.25) is 11.8 Å². The molecular formula is C11H18N2O2. The third kappa shape index (κ3) is 3.38. The van der Waals surface area contributed by atoms with Gasteiger partial charge in [-0.3, -0.25) is 9.59 Å². The molecule has 0 aromatic carbocycles. The molecule has 0 aliphatic carbocycles. The van der Waals surface area contributed by atoms with Gasteiger partial charge in [0.05, 0.1) is 6.54 Å². The molecule has 1 saturated heterocycles. The highest BCUT2D eigenvalue weighted by molar-refractivity contribution is 5.91. The zero-order chi connectivity index (χ0) is 11.3. The molecule has 15 heavy (non-hydrogen) atoms. The topological polar surface area (TPSA) is 40.6 Å². The molecule has 1 heterocycles. The smallest absolute Gasteiger partial charge is 0.246 e. The fourth-order valence-electron chi connectivity index (χ4n) is 1.62. The van der Waals surface area contributed by atoms with Crippen molar-refractivity contribution in [1.82, 2.24) is 9.80 Å². The molecule has 0 spiro atoms. The lowest BCUT2D eigenvalue weighted by Crippen LogP contribution is -2.39. The van der Waals surface area contributed by atoms with Crippen LogP contribution in [0.25, 0.3) is 0 Å². The van der Waals surface area contributed by atoms with Gasteiger partial charge in [-0.25, -0.2) is 0 Å². The second kappa shape index (κ2) is 5.53. The van der Waals surface area contributed by atoms with E-state index in [1.807, 2.05) is 4.90 Å². The van der Waals surface area contributed by atoms with E-state index in [9.17, 15) is 9.59 Å². The Morgan fingerprint density at radius 1 is 1.33 bits per heavy atom. The number of hydrogen-bond acceptors (Lipinski definition) is 2. The molecule has 0 bridgehead atoms. The van der Waals surface area contributed by atoms with Crippen LogP contribution in [-0.4, -0.2) is 48.3 Å². The number of likely N-dealkylation sites (tertiary alicyclic amines) is 1. The van der Waals surface area contributed by atoms with Crippen LogP contribution in [-0.2, 0) is 9.59 Å². The van der Waals surface area contributed by atoms with Crippen molar-refractivity contribution in [3.8, 4) is 0 Å². The Bertz CT molecular complexity index is 268. The Hall–Kier alpha value is -1.32. The standard InChI is InChI=1S/C11H18N2O2/c1-3-6-10(14)12(2)9-11(15)13-7-4-5-8-13/h3,6H,4-5,7-9H2,1-2H3. The van der Waals surface area contributed by atoms with Crippen LogP contribution in [0.5, 0.6) is 0 Å². The SMILES string of the molecule is CC=CC(=O)N(C)CC(=O)N1CCCC1. The van der Waals surface area contributed by atoms with E-state index in [0.717, 1.165) is 25.9 Å². The van der Waals surface area contributed by atoms with Gasteiger partial charge in [-0.15, -0.1) is 0 Å². The van der Waals surface area contributed by atoms with Crippen molar-refractivity contribution < 1.29 is 9.59 Å². The quantitative estimate of drug-likeness (QED) is 0.641. The van der Waals surface area contributed by atoms with Gasteiger partial charge in [-0.2, -0.15) is 0 Å². The molecule has 1 rings (SSSR count). The van der Waals surface area contributed by atoms with Gasteiger partial charge in [0.25, 0.3) is 0 Å². The molecule has 0 saturated carbocycles. The predicted molar refractivity (Wildman–Crippen MR) is 58.3 cm³/mol. The minimum atomic E-state index is -0.120. The van der Waals surface area contributed by atoms with Crippen molar-refractivity contribution >= 4 is 11.8 Å². The Morgan fingerprint density at radius 3 is 2.47 bits per heavy atom. The zero-order valence-corrected chi connectivity index (χ0v) is 9.40. The van der Waals surface area contributed by atoms with Crippen molar-refractivity contribution in [2.45, 2.75) is 19.8 Å². The third-order valence-electron chi connectivity index (χ3n) is 2.52. The van der Waals surface area contributed by atoms with Gasteiger partial charge in [-0.1, -0.05) is 6.08 Å². The lowest BCUT2D eigenvalue weighted by atomic mass is 10.4. The molecule has 0 unspecified atom stereocenters. The molecule has 0 aromatic heterocycles. The Morgan fingerprint density at radius 2 is 1.93 bits per heavy atom. The first-order valence-electron chi connectivity index (χ1n) is 5.30. The maximum Gasteiger partial charge on any atom is 0.246 e. The monoisotopic (exact) mass is 210 g/mol. The molecular weight excluding hydrogens is 192 g/mol. The number of allylic oxidation sites excluding steroid dienone is 1. The molecule has 0 N–H and O–H groups in total. The lowest BCUT2D eigenvalue weighted by molar-refractivity contribution is -0.136. The first kappa shape index (κ1) is 11.8. The van der Waals surface area contributed by atoms with Crippen molar-refractivity contribution in [3.63, 3.8) is 0 Å². The average molecular weight is 210 g/mol. The number of likely N-dealkylation sites (N-methyl/N-ethyl adjacent to an activating group) is 1. The summed E-state index contributed by atoms with van der Waals surface area (Å²) in [6, 6.07) is 0. The van der Waals surface area contributed by atoms with E-state index < -0.39 is 0 Å². The van der Waals surface area contributed by atoms with Gasteiger partial charge < -0.3 is 9.80 Å². The molecule has 4 heteroatoms. The molecule has 0 atom stereocenters. The second-order valence-corrected chi connectivity index (χ2v) is 3.78. The minimum Gasteiger partial charge on any atom is -0.341 e. The first-order chi connectivity index (χ1) is 7.15. The normalized spacial score (nSPS) is 16.0. The fraction of sp³-hybridized carbons (Fsp3) is 0.636. The predicted octanol–water partition coefficient (Wildman–Crippen LogP) is 0.643. The van der Waals surface area contributed by atoms with Gasteiger partial charge in [-0.05, 0) is 25.8 Å². The van der Waals surface area contributed by atoms with Crippen molar-refractivity contribution in [1.29, 1.82) is 0 Å². The molecule has 1 fully saturated rings. The summed E-state index contributed by atoms with van der Waals surface area (Å²) in [6.07, 6.45) is 5.31. The summed E-state index contributed by atoms with van der Waals surface area (Å²) in [5, 5.41) is 0. The highest BCUT2D eigenvalue weighted by Crippen LogP contribution is 2.07. The van der Waals surface area contributed by atoms with E-state index in [-0.39, 0.29) is 18.4 Å². The van der Waals surface area contributed by atoms with Crippen LogP contribution in [0.2, 0.25) is 0 Å². The second-order valence-electron chi connectivity index (χ2n) is 3.78. The van der Waals surface area contributed by atoms with Crippen LogP contribution in [0.15, 0.2) is 12.2 Å². The van der Waals surface area contributed by atoms with Crippen LogP contribution in [0.1, 0.15) is 19.8 Å². The average Bonchev–Trinajstić information content (AvgIpc) is 2.70. The first-order valence-corrected chi connectivity index (χ1v) is 5.30. The van der Waals surface area contributed by atoms with Gasteiger partial charge in [0, 0.05) is 20.1 Å². The van der Waals surface area contributed by atoms with Crippen molar-refractivity contribution in [3.05, 3.63) is 12.2 Å². The van der Waals surface area contributed by atoms with Crippen LogP contribution in [0, 0.1) is 0 Å². The summed E-state index contributed by atoms with van der Waals surface area (Å²) in [4.78, 5) is 26.3.